The van der Waals surface area contributed by atoms with Crippen molar-refractivity contribution in [2.24, 2.45) is 8.80 Å². The zero-order valence-electron chi connectivity index (χ0n) is 7.99. The molecule has 16 heavy (non-hydrogen) atoms. The van der Waals surface area contributed by atoms with Gasteiger partial charge in [0, 0.05) is 0 Å². The van der Waals surface area contributed by atoms with Gasteiger partial charge >= 0.3 is 0 Å². The fourth-order valence-corrected chi connectivity index (χ4v) is 2.32. The van der Waals surface area contributed by atoms with Crippen LogP contribution in [0.15, 0.2) is 8.80 Å². The molecule has 90 valence electrons. The van der Waals surface area contributed by atoms with Crippen LogP contribution in [-0.4, -0.2) is 40.5 Å². The highest BCUT2D eigenvalue weighted by molar-refractivity contribution is 7.90. The second-order valence-corrected chi connectivity index (χ2v) is 6.15. The lowest BCUT2D eigenvalue weighted by Crippen LogP contribution is -2.06. The molecule has 0 aliphatic heterocycles. The summed E-state index contributed by atoms with van der Waals surface area (Å²) in [4.78, 5) is 19.3. The largest absolute Gasteiger partial charge is 0.263 e. The summed E-state index contributed by atoms with van der Waals surface area (Å²) in [5, 5.41) is 0. The molecule has 0 heterocycles. The zero-order valence-corrected chi connectivity index (χ0v) is 9.62. The minimum Gasteiger partial charge on any atom is -0.210 e. The molecule has 0 atom stereocenters. The molecule has 0 saturated heterocycles. The summed E-state index contributed by atoms with van der Waals surface area (Å²) < 4.78 is 48.4. The van der Waals surface area contributed by atoms with E-state index in [1.807, 2.05) is 0 Å². The van der Waals surface area contributed by atoms with E-state index in [1.54, 1.807) is 0 Å². The third-order valence-electron chi connectivity index (χ3n) is 1.41. The smallest absolute Gasteiger partial charge is 0.210 e. The molecule has 0 aliphatic carbocycles. The molecule has 0 aromatic rings. The van der Waals surface area contributed by atoms with Crippen LogP contribution >= 0.6 is 0 Å². The second-order valence-electron chi connectivity index (χ2n) is 2.64. The molecule has 0 saturated carbocycles. The molecule has 0 N–H and O–H groups in total. The Hall–Kier alpha value is -1.34. The van der Waals surface area contributed by atoms with Gasteiger partial charge in [-0.3, -0.25) is 0 Å². The Kier molecular flexibility index (Phi) is 5.76. The SMILES string of the molecule is O=C=NS(=O)(=O)CCCCS(=O)(=O)N=C=O. The van der Waals surface area contributed by atoms with Gasteiger partial charge < -0.3 is 0 Å². The van der Waals surface area contributed by atoms with E-state index < -0.39 is 31.6 Å². The molecule has 0 radical (unpaired) electrons. The van der Waals surface area contributed by atoms with Gasteiger partial charge in [0.25, 0.3) is 32.2 Å². The highest BCUT2D eigenvalue weighted by atomic mass is 32.2. The molecular formula is C6H8N2O6S2. The Labute approximate surface area is 92.2 Å². The molecule has 8 nitrogen and oxygen atoms in total. The van der Waals surface area contributed by atoms with Gasteiger partial charge in [-0.25, -0.2) is 26.4 Å². The first-order chi connectivity index (χ1) is 7.33. The molecule has 10 heteroatoms. The Morgan fingerprint density at radius 1 is 0.750 bits per heavy atom. The maximum atomic E-state index is 10.8. The molecule has 0 bridgehead atoms. The lowest BCUT2D eigenvalue weighted by atomic mass is 10.4. The number of hydrogen-bond acceptors (Lipinski definition) is 6. The van der Waals surface area contributed by atoms with Gasteiger partial charge in [-0.15, -0.1) is 0 Å². The minimum absolute atomic E-state index is 0.0128. The van der Waals surface area contributed by atoms with E-state index in [-0.39, 0.29) is 12.8 Å². The number of unbranched alkanes of at least 4 members (excludes halogenated alkanes) is 1. The van der Waals surface area contributed by atoms with Crippen molar-refractivity contribution in [3.63, 3.8) is 0 Å². The highest BCUT2D eigenvalue weighted by Crippen LogP contribution is 2.02. The number of hydrogen-bond donors (Lipinski definition) is 0. The van der Waals surface area contributed by atoms with E-state index in [2.05, 4.69) is 8.80 Å². The molecule has 0 fully saturated rings. The van der Waals surface area contributed by atoms with Crippen molar-refractivity contribution in [1.29, 1.82) is 0 Å². The standard InChI is InChI=1S/C6H8N2O6S2/c9-5-7-15(11,12)3-1-2-4-16(13,14)8-6-10/h1-4H2. The summed E-state index contributed by atoms with van der Waals surface area (Å²) in [5.74, 6) is -0.912. The summed E-state index contributed by atoms with van der Waals surface area (Å²) in [5.41, 5.74) is 0. The Bertz CT molecular complexity index is 471. The number of nitrogens with zero attached hydrogens (tertiary/aromatic N) is 2. The van der Waals surface area contributed by atoms with E-state index in [1.165, 1.54) is 0 Å². The van der Waals surface area contributed by atoms with Gasteiger partial charge in [0.05, 0.1) is 11.5 Å². The second kappa shape index (κ2) is 6.29. The molecule has 0 unspecified atom stereocenters. The zero-order chi connectivity index (χ0) is 12.7. The Morgan fingerprint density at radius 3 is 1.31 bits per heavy atom. The first kappa shape index (κ1) is 14.7. The van der Waals surface area contributed by atoms with Crippen LogP contribution in [0.1, 0.15) is 12.8 Å². The number of carbonyl (C=O) groups excluding carboxylic acids is 2. The molecule has 0 aliphatic rings. The number of sulfonamides is 2. The number of rotatable bonds is 7. The monoisotopic (exact) mass is 268 g/mol. The van der Waals surface area contributed by atoms with Gasteiger partial charge in [-0.05, 0) is 12.8 Å². The Morgan fingerprint density at radius 2 is 1.06 bits per heavy atom. The van der Waals surface area contributed by atoms with Crippen LogP contribution in [0.4, 0.5) is 0 Å². The van der Waals surface area contributed by atoms with Crippen molar-refractivity contribution in [2.75, 3.05) is 11.5 Å². The van der Waals surface area contributed by atoms with Gasteiger partial charge in [0.15, 0.2) is 0 Å². The first-order valence-electron chi connectivity index (χ1n) is 3.96. The van der Waals surface area contributed by atoms with E-state index >= 15 is 0 Å². The lowest BCUT2D eigenvalue weighted by molar-refractivity contribution is 0.561. The quantitative estimate of drug-likeness (QED) is 0.334. The highest BCUT2D eigenvalue weighted by Gasteiger charge is 2.11. The molecule has 0 aromatic carbocycles. The van der Waals surface area contributed by atoms with Crippen LogP contribution in [-0.2, 0) is 29.6 Å². The fraction of sp³-hybridized carbons (Fsp3) is 0.667. The van der Waals surface area contributed by atoms with Crippen LogP contribution in [0.2, 0.25) is 0 Å². The van der Waals surface area contributed by atoms with E-state index in [0.717, 1.165) is 12.2 Å². The average Bonchev–Trinajstić information content (AvgIpc) is 2.12. The van der Waals surface area contributed by atoms with E-state index in [9.17, 15) is 26.4 Å². The molecule has 0 rings (SSSR count). The molecule has 0 amide bonds. The van der Waals surface area contributed by atoms with Crippen LogP contribution in [0, 0.1) is 0 Å². The normalized spacial score (nSPS) is 11.2. The van der Waals surface area contributed by atoms with Crippen molar-refractivity contribution in [2.45, 2.75) is 12.8 Å². The van der Waals surface area contributed by atoms with Gasteiger partial charge in [0.2, 0.25) is 0 Å². The predicted molar refractivity (Wildman–Crippen MR) is 53.1 cm³/mol. The van der Waals surface area contributed by atoms with Crippen molar-refractivity contribution in [1.82, 2.24) is 0 Å². The summed E-state index contributed by atoms with van der Waals surface area (Å²) in [6, 6.07) is 0. The summed E-state index contributed by atoms with van der Waals surface area (Å²) >= 11 is 0. The molecular weight excluding hydrogens is 260 g/mol. The van der Waals surface area contributed by atoms with Crippen molar-refractivity contribution in [3.8, 4) is 0 Å². The van der Waals surface area contributed by atoms with Gasteiger partial charge in [-0.2, -0.15) is 0 Å². The van der Waals surface area contributed by atoms with E-state index in [4.69, 9.17) is 0 Å². The maximum Gasteiger partial charge on any atom is 0.263 e. The molecule has 0 aromatic heterocycles. The number of isocyanates is 2. The summed E-state index contributed by atoms with van der Waals surface area (Å²) in [6.07, 6.45) is 1.74. The summed E-state index contributed by atoms with van der Waals surface area (Å²) in [7, 11) is -7.73. The van der Waals surface area contributed by atoms with Gasteiger partial charge in [-0.1, -0.05) is 8.80 Å². The predicted octanol–water partition coefficient (Wildman–Crippen LogP) is -0.902. The topological polar surface area (TPSA) is 127 Å². The van der Waals surface area contributed by atoms with Crippen molar-refractivity contribution < 1.29 is 26.4 Å². The van der Waals surface area contributed by atoms with Crippen molar-refractivity contribution >= 4 is 32.2 Å². The summed E-state index contributed by atoms with van der Waals surface area (Å²) in [6.45, 7) is 0. The van der Waals surface area contributed by atoms with Crippen LogP contribution in [0.25, 0.3) is 0 Å². The minimum atomic E-state index is -3.86. The van der Waals surface area contributed by atoms with Crippen LogP contribution in [0.5, 0.6) is 0 Å². The third kappa shape index (κ3) is 7.02. The van der Waals surface area contributed by atoms with Gasteiger partial charge in [0.1, 0.15) is 0 Å². The fourth-order valence-electron chi connectivity index (χ4n) is 0.774. The van der Waals surface area contributed by atoms with Crippen LogP contribution in [0.3, 0.4) is 0 Å². The third-order valence-corrected chi connectivity index (χ3v) is 3.72. The lowest BCUT2D eigenvalue weighted by Gasteiger charge is -1.96. The van der Waals surface area contributed by atoms with Crippen LogP contribution < -0.4 is 0 Å². The maximum absolute atomic E-state index is 10.8. The van der Waals surface area contributed by atoms with E-state index in [0.29, 0.717) is 0 Å². The Balaban J connectivity index is 4.13. The first-order valence-corrected chi connectivity index (χ1v) is 7.18. The van der Waals surface area contributed by atoms with Crippen molar-refractivity contribution in [3.05, 3.63) is 0 Å². The average molecular weight is 268 g/mol. The molecule has 0 spiro atoms.